The van der Waals surface area contributed by atoms with Crippen molar-refractivity contribution in [3.8, 4) is 6.07 Å². The molecule has 0 unspecified atom stereocenters. The highest BCUT2D eigenvalue weighted by Gasteiger charge is 2.32. The maximum absolute atomic E-state index is 13.0. The molecule has 1 saturated heterocycles. The minimum absolute atomic E-state index is 0.0247. The van der Waals surface area contributed by atoms with Gasteiger partial charge in [-0.1, -0.05) is 13.3 Å². The molecule has 2 atom stereocenters. The molecule has 2 rings (SSSR count). The second-order valence-electron chi connectivity index (χ2n) is 6.59. The van der Waals surface area contributed by atoms with Crippen molar-refractivity contribution >= 4 is 11.8 Å². The van der Waals surface area contributed by atoms with Crippen molar-refractivity contribution in [3.63, 3.8) is 0 Å². The van der Waals surface area contributed by atoms with Gasteiger partial charge in [0.05, 0.1) is 6.07 Å². The van der Waals surface area contributed by atoms with Crippen molar-refractivity contribution in [1.29, 1.82) is 5.26 Å². The van der Waals surface area contributed by atoms with E-state index >= 15 is 0 Å². The summed E-state index contributed by atoms with van der Waals surface area (Å²) < 4.78 is 13.0. The first-order valence-electron chi connectivity index (χ1n) is 8.62. The number of nitriles is 1. The Morgan fingerprint density at radius 2 is 2.00 bits per heavy atom. The van der Waals surface area contributed by atoms with Crippen LogP contribution >= 0.6 is 0 Å². The third-order valence-electron chi connectivity index (χ3n) is 4.96. The van der Waals surface area contributed by atoms with E-state index in [4.69, 9.17) is 5.26 Å². The average Bonchev–Trinajstić information content (AvgIpc) is 2.62. The van der Waals surface area contributed by atoms with Gasteiger partial charge in [0, 0.05) is 32.1 Å². The molecule has 1 aromatic rings. The number of carbonyl (C=O) groups excluding carboxylic acids is 2. The van der Waals surface area contributed by atoms with Crippen LogP contribution in [0.1, 0.15) is 36.5 Å². The van der Waals surface area contributed by atoms with E-state index in [1.807, 2.05) is 6.07 Å². The average molecular weight is 345 g/mol. The molecular weight excluding hydrogens is 321 g/mol. The van der Waals surface area contributed by atoms with Crippen molar-refractivity contribution in [2.75, 3.05) is 26.7 Å². The molecule has 1 aromatic carbocycles. The molecule has 25 heavy (non-hydrogen) atoms. The third kappa shape index (κ3) is 4.79. The summed E-state index contributed by atoms with van der Waals surface area (Å²) in [6, 6.07) is 7.58. The highest BCUT2D eigenvalue weighted by molar-refractivity contribution is 5.94. The van der Waals surface area contributed by atoms with Crippen molar-refractivity contribution in [3.05, 3.63) is 35.6 Å². The summed E-state index contributed by atoms with van der Waals surface area (Å²) in [5.74, 6) is -0.0108. The Morgan fingerprint density at radius 3 is 2.60 bits per heavy atom. The molecule has 2 amide bonds. The molecule has 0 aromatic heterocycles. The highest BCUT2D eigenvalue weighted by atomic mass is 19.1. The van der Waals surface area contributed by atoms with E-state index in [0.29, 0.717) is 25.1 Å². The maximum atomic E-state index is 13.0. The first-order chi connectivity index (χ1) is 12.0. The normalized spacial score (nSPS) is 20.0. The minimum atomic E-state index is -0.360. The van der Waals surface area contributed by atoms with Crippen LogP contribution in [0, 0.1) is 29.0 Å². The number of hydrogen-bond donors (Lipinski definition) is 0. The maximum Gasteiger partial charge on any atom is 0.253 e. The molecule has 0 bridgehead atoms. The molecule has 1 aliphatic heterocycles. The van der Waals surface area contributed by atoms with Crippen LogP contribution in [-0.2, 0) is 4.79 Å². The number of likely N-dealkylation sites (tertiary alicyclic amines) is 1. The molecule has 1 fully saturated rings. The van der Waals surface area contributed by atoms with Gasteiger partial charge >= 0.3 is 0 Å². The zero-order valence-electron chi connectivity index (χ0n) is 14.7. The first-order valence-corrected chi connectivity index (χ1v) is 8.62. The second-order valence-corrected chi connectivity index (χ2v) is 6.59. The molecule has 1 heterocycles. The predicted molar refractivity (Wildman–Crippen MR) is 92.1 cm³/mol. The topological polar surface area (TPSA) is 64.4 Å². The van der Waals surface area contributed by atoms with Crippen molar-refractivity contribution < 1.29 is 14.0 Å². The molecule has 0 aliphatic carbocycles. The number of piperidine rings is 1. The fraction of sp³-hybridized carbons (Fsp3) is 0.526. The van der Waals surface area contributed by atoms with Crippen LogP contribution in [0.25, 0.3) is 0 Å². The monoisotopic (exact) mass is 345 g/mol. The van der Waals surface area contributed by atoms with Crippen LogP contribution in [0.4, 0.5) is 4.39 Å². The van der Waals surface area contributed by atoms with E-state index < -0.39 is 0 Å². The van der Waals surface area contributed by atoms with Gasteiger partial charge < -0.3 is 9.80 Å². The van der Waals surface area contributed by atoms with Gasteiger partial charge in [0.2, 0.25) is 5.91 Å². The Hall–Kier alpha value is -2.42. The van der Waals surface area contributed by atoms with Gasteiger partial charge in [0.25, 0.3) is 5.91 Å². The van der Waals surface area contributed by atoms with E-state index in [1.54, 1.807) is 11.9 Å². The van der Waals surface area contributed by atoms with Crippen LogP contribution < -0.4 is 0 Å². The van der Waals surface area contributed by atoms with E-state index in [-0.39, 0.29) is 36.0 Å². The molecule has 1 aliphatic rings. The summed E-state index contributed by atoms with van der Waals surface area (Å²) in [4.78, 5) is 28.0. The molecular formula is C19H24FN3O2. The van der Waals surface area contributed by atoms with Crippen LogP contribution in [0.2, 0.25) is 0 Å². The Kier molecular flexibility index (Phi) is 6.51. The molecule has 134 valence electrons. The van der Waals surface area contributed by atoms with Gasteiger partial charge in [-0.25, -0.2) is 4.39 Å². The number of rotatable bonds is 5. The summed E-state index contributed by atoms with van der Waals surface area (Å²) in [6.07, 6.45) is 2.06. The number of nitrogens with zero attached hydrogens (tertiary/aromatic N) is 3. The smallest absolute Gasteiger partial charge is 0.253 e. The number of benzene rings is 1. The number of amides is 2. The van der Waals surface area contributed by atoms with Gasteiger partial charge in [-0.2, -0.15) is 5.26 Å². The zero-order chi connectivity index (χ0) is 18.4. The summed E-state index contributed by atoms with van der Waals surface area (Å²) in [5.41, 5.74) is 0.486. The zero-order valence-corrected chi connectivity index (χ0v) is 14.7. The molecule has 0 N–H and O–H groups in total. The Balaban J connectivity index is 1.98. The van der Waals surface area contributed by atoms with Gasteiger partial charge in [0.1, 0.15) is 12.4 Å². The van der Waals surface area contributed by atoms with Gasteiger partial charge in [-0.3, -0.25) is 9.59 Å². The minimum Gasteiger partial charge on any atom is -0.338 e. The van der Waals surface area contributed by atoms with E-state index in [0.717, 1.165) is 12.8 Å². The summed E-state index contributed by atoms with van der Waals surface area (Å²) >= 11 is 0. The van der Waals surface area contributed by atoms with E-state index in [2.05, 4.69) is 6.92 Å². The Bertz CT molecular complexity index is 654. The summed E-state index contributed by atoms with van der Waals surface area (Å²) in [5, 5.41) is 8.70. The van der Waals surface area contributed by atoms with Crippen LogP contribution in [0.15, 0.2) is 24.3 Å². The van der Waals surface area contributed by atoms with Crippen molar-refractivity contribution in [2.24, 2.45) is 11.8 Å². The van der Waals surface area contributed by atoms with Gasteiger partial charge in [0.15, 0.2) is 0 Å². The lowest BCUT2D eigenvalue weighted by molar-refractivity contribution is -0.131. The second kappa shape index (κ2) is 8.61. The van der Waals surface area contributed by atoms with Gasteiger partial charge in [-0.15, -0.1) is 0 Å². The molecule has 0 saturated carbocycles. The third-order valence-corrected chi connectivity index (χ3v) is 4.96. The predicted octanol–water partition coefficient (Wildman–Crippen LogP) is 2.69. The number of hydrogen-bond acceptors (Lipinski definition) is 3. The lowest BCUT2D eigenvalue weighted by atomic mass is 9.81. The molecule has 0 radical (unpaired) electrons. The fourth-order valence-electron chi connectivity index (χ4n) is 3.35. The first kappa shape index (κ1) is 18.9. The van der Waals surface area contributed by atoms with Crippen LogP contribution in [0.5, 0.6) is 0 Å². The molecule has 5 nitrogen and oxygen atoms in total. The van der Waals surface area contributed by atoms with Gasteiger partial charge in [-0.05, 0) is 42.5 Å². The standard InChI is InChI=1S/C19H24FN3O2/c1-3-14-13-23(19(25)15-4-6-17(20)7-5-15)10-8-16(14)12-18(24)22(2)11-9-21/h4-7,14,16H,3,8,10-13H2,1-2H3/t14-,16+/m1/s1. The Labute approximate surface area is 148 Å². The van der Waals surface area contributed by atoms with Crippen LogP contribution in [0.3, 0.4) is 0 Å². The van der Waals surface area contributed by atoms with Crippen LogP contribution in [-0.4, -0.2) is 48.3 Å². The van der Waals surface area contributed by atoms with E-state index in [1.165, 1.54) is 29.2 Å². The Morgan fingerprint density at radius 1 is 1.32 bits per heavy atom. The van der Waals surface area contributed by atoms with E-state index in [9.17, 15) is 14.0 Å². The molecule has 6 heteroatoms. The highest BCUT2D eigenvalue weighted by Crippen LogP contribution is 2.30. The largest absolute Gasteiger partial charge is 0.338 e. The van der Waals surface area contributed by atoms with Crippen molar-refractivity contribution in [2.45, 2.75) is 26.2 Å². The SMILES string of the molecule is CC[C@@H]1CN(C(=O)c2ccc(F)cc2)CC[C@H]1CC(=O)N(C)CC#N. The number of carbonyl (C=O) groups is 2. The van der Waals surface area contributed by atoms with Crippen molar-refractivity contribution in [1.82, 2.24) is 9.80 Å². The fourth-order valence-corrected chi connectivity index (χ4v) is 3.35. The number of halogens is 1. The summed E-state index contributed by atoms with van der Waals surface area (Å²) in [6.45, 7) is 3.35. The lowest BCUT2D eigenvalue weighted by Crippen LogP contribution is -2.45. The summed E-state index contributed by atoms with van der Waals surface area (Å²) in [7, 11) is 1.64. The molecule has 0 spiro atoms. The quantitative estimate of drug-likeness (QED) is 0.771. The lowest BCUT2D eigenvalue weighted by Gasteiger charge is -2.38.